The van der Waals surface area contributed by atoms with Gasteiger partial charge in [-0.2, -0.15) is 0 Å². The molecule has 5 nitrogen and oxygen atoms in total. The number of methoxy groups -OCH3 is 1. The van der Waals surface area contributed by atoms with Gasteiger partial charge in [-0.15, -0.1) is 0 Å². The van der Waals surface area contributed by atoms with E-state index in [9.17, 15) is 9.59 Å². The molecule has 0 aliphatic heterocycles. The molecule has 1 N–H and O–H groups in total. The summed E-state index contributed by atoms with van der Waals surface area (Å²) >= 11 is 6.21. The standard InChI is InChI=1S/C21H25ClN2O3/c1-4-19(21(26)23-2)24(14-15-9-11-17(27-3)12-10-15)20(25)13-16-7-5-6-8-18(16)22/h5-12,19H,4,13-14H2,1-3H3,(H,23,26). The molecule has 0 radical (unpaired) electrons. The summed E-state index contributed by atoms with van der Waals surface area (Å²) in [6, 6.07) is 14.2. The summed E-state index contributed by atoms with van der Waals surface area (Å²) < 4.78 is 5.18. The van der Waals surface area contributed by atoms with Crippen molar-refractivity contribution in [2.45, 2.75) is 32.4 Å². The van der Waals surface area contributed by atoms with E-state index in [2.05, 4.69) is 5.32 Å². The monoisotopic (exact) mass is 388 g/mol. The Morgan fingerprint density at radius 1 is 1.15 bits per heavy atom. The lowest BCUT2D eigenvalue weighted by atomic mass is 10.1. The maximum Gasteiger partial charge on any atom is 0.242 e. The molecule has 0 fully saturated rings. The summed E-state index contributed by atoms with van der Waals surface area (Å²) in [5.74, 6) is 0.416. The molecule has 2 aromatic carbocycles. The Hall–Kier alpha value is -2.53. The van der Waals surface area contributed by atoms with Gasteiger partial charge in [-0.3, -0.25) is 9.59 Å². The van der Waals surface area contributed by atoms with Gasteiger partial charge in [0.05, 0.1) is 13.5 Å². The molecule has 144 valence electrons. The highest BCUT2D eigenvalue weighted by Crippen LogP contribution is 2.20. The van der Waals surface area contributed by atoms with Gasteiger partial charge in [0, 0.05) is 18.6 Å². The smallest absolute Gasteiger partial charge is 0.242 e. The van der Waals surface area contributed by atoms with Crippen LogP contribution in [-0.4, -0.2) is 36.9 Å². The molecule has 0 spiro atoms. The number of benzene rings is 2. The van der Waals surface area contributed by atoms with E-state index in [0.717, 1.165) is 16.9 Å². The molecule has 1 unspecified atom stereocenters. The van der Waals surface area contributed by atoms with Gasteiger partial charge in [0.15, 0.2) is 0 Å². The molecule has 2 amide bonds. The summed E-state index contributed by atoms with van der Waals surface area (Å²) in [4.78, 5) is 27.0. The van der Waals surface area contributed by atoms with Crippen LogP contribution >= 0.6 is 11.6 Å². The Morgan fingerprint density at radius 3 is 2.37 bits per heavy atom. The lowest BCUT2D eigenvalue weighted by molar-refractivity contribution is -0.140. The first-order valence-electron chi connectivity index (χ1n) is 8.87. The van der Waals surface area contributed by atoms with Gasteiger partial charge in [-0.25, -0.2) is 0 Å². The second-order valence-electron chi connectivity index (χ2n) is 6.18. The summed E-state index contributed by atoms with van der Waals surface area (Å²) in [5.41, 5.74) is 1.67. The minimum absolute atomic E-state index is 0.142. The number of nitrogens with zero attached hydrogens (tertiary/aromatic N) is 1. The molecular weight excluding hydrogens is 364 g/mol. The lowest BCUT2D eigenvalue weighted by Gasteiger charge is -2.30. The van der Waals surface area contributed by atoms with E-state index < -0.39 is 6.04 Å². The molecule has 0 heterocycles. The summed E-state index contributed by atoms with van der Waals surface area (Å²) in [6.45, 7) is 2.23. The SMILES string of the molecule is CCC(C(=O)NC)N(Cc1ccc(OC)cc1)C(=O)Cc1ccccc1Cl. The fourth-order valence-electron chi connectivity index (χ4n) is 2.92. The van der Waals surface area contributed by atoms with Crippen LogP contribution < -0.4 is 10.1 Å². The van der Waals surface area contributed by atoms with E-state index >= 15 is 0 Å². The van der Waals surface area contributed by atoms with Gasteiger partial charge in [-0.05, 0) is 35.7 Å². The maximum atomic E-state index is 13.1. The van der Waals surface area contributed by atoms with Gasteiger partial charge >= 0.3 is 0 Å². The second-order valence-corrected chi connectivity index (χ2v) is 6.58. The molecule has 27 heavy (non-hydrogen) atoms. The Bertz CT molecular complexity index is 777. The van der Waals surface area contributed by atoms with Crippen LogP contribution in [-0.2, 0) is 22.6 Å². The third-order valence-electron chi connectivity index (χ3n) is 4.44. The van der Waals surface area contributed by atoms with E-state index in [1.165, 1.54) is 0 Å². The summed E-state index contributed by atoms with van der Waals surface area (Å²) in [7, 11) is 3.18. The van der Waals surface area contributed by atoms with Crippen LogP contribution in [0.3, 0.4) is 0 Å². The van der Waals surface area contributed by atoms with Crippen molar-refractivity contribution >= 4 is 23.4 Å². The molecule has 1 atom stereocenters. The van der Waals surface area contributed by atoms with E-state index in [-0.39, 0.29) is 18.2 Å². The van der Waals surface area contributed by atoms with Crippen LogP contribution in [0.15, 0.2) is 48.5 Å². The zero-order valence-corrected chi connectivity index (χ0v) is 16.6. The Kier molecular flexibility index (Phi) is 7.67. The zero-order chi connectivity index (χ0) is 19.8. The zero-order valence-electron chi connectivity index (χ0n) is 15.9. The number of rotatable bonds is 8. The number of hydrogen-bond acceptors (Lipinski definition) is 3. The largest absolute Gasteiger partial charge is 0.497 e. The van der Waals surface area contributed by atoms with Gasteiger partial charge in [0.25, 0.3) is 0 Å². The molecule has 0 saturated carbocycles. The maximum absolute atomic E-state index is 13.1. The fourth-order valence-corrected chi connectivity index (χ4v) is 3.12. The van der Waals surface area contributed by atoms with Crippen molar-refractivity contribution < 1.29 is 14.3 Å². The fraction of sp³-hybridized carbons (Fsp3) is 0.333. The van der Waals surface area contributed by atoms with E-state index in [1.54, 1.807) is 25.1 Å². The number of amides is 2. The molecule has 2 rings (SSSR count). The quantitative estimate of drug-likeness (QED) is 0.753. The van der Waals surface area contributed by atoms with Crippen molar-refractivity contribution in [2.24, 2.45) is 0 Å². The minimum atomic E-state index is -0.549. The Balaban J connectivity index is 2.28. The Morgan fingerprint density at radius 2 is 1.81 bits per heavy atom. The van der Waals surface area contributed by atoms with E-state index in [4.69, 9.17) is 16.3 Å². The first kappa shape index (κ1) is 20.8. The number of nitrogens with one attached hydrogen (secondary N) is 1. The normalized spacial score (nSPS) is 11.6. The number of ether oxygens (including phenoxy) is 1. The summed E-state index contributed by atoms with van der Waals surface area (Å²) in [6.07, 6.45) is 0.660. The van der Waals surface area contributed by atoms with Gasteiger partial charge in [0.1, 0.15) is 11.8 Å². The number of halogens is 1. The minimum Gasteiger partial charge on any atom is -0.497 e. The number of carbonyl (C=O) groups is 2. The first-order chi connectivity index (χ1) is 13.0. The predicted octanol–water partition coefficient (Wildman–Crippen LogP) is 3.44. The number of hydrogen-bond donors (Lipinski definition) is 1. The molecular formula is C21H25ClN2O3. The van der Waals surface area contributed by atoms with Crippen LogP contribution in [0.4, 0.5) is 0 Å². The lowest BCUT2D eigenvalue weighted by Crippen LogP contribution is -2.48. The summed E-state index contributed by atoms with van der Waals surface area (Å²) in [5, 5.41) is 3.20. The highest BCUT2D eigenvalue weighted by Gasteiger charge is 2.28. The molecule has 0 aliphatic rings. The van der Waals surface area contributed by atoms with Crippen LogP contribution in [0.25, 0.3) is 0 Å². The molecule has 0 saturated heterocycles. The second kappa shape index (κ2) is 9.97. The van der Waals surface area contributed by atoms with Crippen LogP contribution in [0.2, 0.25) is 5.02 Å². The van der Waals surface area contributed by atoms with Crippen LogP contribution in [0.5, 0.6) is 5.75 Å². The molecule has 2 aromatic rings. The molecule has 0 bridgehead atoms. The highest BCUT2D eigenvalue weighted by molar-refractivity contribution is 6.31. The number of likely N-dealkylation sites (N-methyl/N-ethyl adjacent to an activating group) is 1. The average Bonchev–Trinajstić information content (AvgIpc) is 2.69. The highest BCUT2D eigenvalue weighted by atomic mass is 35.5. The van der Waals surface area contributed by atoms with Gasteiger partial charge < -0.3 is 15.0 Å². The van der Waals surface area contributed by atoms with Crippen LogP contribution in [0, 0.1) is 0 Å². The Labute approximate surface area is 165 Å². The molecule has 6 heteroatoms. The van der Waals surface area contributed by atoms with E-state index in [1.807, 2.05) is 49.4 Å². The van der Waals surface area contributed by atoms with Crippen molar-refractivity contribution in [1.82, 2.24) is 10.2 Å². The predicted molar refractivity (Wildman–Crippen MR) is 107 cm³/mol. The third kappa shape index (κ3) is 5.47. The van der Waals surface area contributed by atoms with Crippen molar-refractivity contribution in [3.05, 3.63) is 64.7 Å². The van der Waals surface area contributed by atoms with Crippen molar-refractivity contribution in [1.29, 1.82) is 0 Å². The third-order valence-corrected chi connectivity index (χ3v) is 4.81. The van der Waals surface area contributed by atoms with Crippen molar-refractivity contribution in [2.75, 3.05) is 14.2 Å². The van der Waals surface area contributed by atoms with E-state index in [0.29, 0.717) is 18.0 Å². The first-order valence-corrected chi connectivity index (χ1v) is 9.25. The van der Waals surface area contributed by atoms with Crippen molar-refractivity contribution in [3.8, 4) is 5.75 Å². The number of carbonyl (C=O) groups excluding carboxylic acids is 2. The topological polar surface area (TPSA) is 58.6 Å². The molecule has 0 aliphatic carbocycles. The molecule has 0 aromatic heterocycles. The van der Waals surface area contributed by atoms with Gasteiger partial charge in [0.2, 0.25) is 11.8 Å². The van der Waals surface area contributed by atoms with Gasteiger partial charge in [-0.1, -0.05) is 48.9 Å². The van der Waals surface area contributed by atoms with Crippen LogP contribution in [0.1, 0.15) is 24.5 Å². The average molecular weight is 389 g/mol. The van der Waals surface area contributed by atoms with Crippen molar-refractivity contribution in [3.63, 3.8) is 0 Å².